The van der Waals surface area contributed by atoms with Gasteiger partial charge in [-0.15, -0.1) is 0 Å². The Balaban J connectivity index is 1.68. The fourth-order valence-electron chi connectivity index (χ4n) is 4.01. The van der Waals surface area contributed by atoms with Crippen molar-refractivity contribution in [3.63, 3.8) is 0 Å². The minimum absolute atomic E-state index is 0.192. The molecule has 1 aromatic heterocycles. The lowest BCUT2D eigenvalue weighted by atomic mass is 9.88. The SMILES string of the molecule is CCOc1cc(Cl)c2cc(C(=O)NC3(c4ccc(C(=O)O)cc4)CCOC3)n(C)c2c1. The summed E-state index contributed by atoms with van der Waals surface area (Å²) in [4.78, 5) is 24.5. The molecule has 1 unspecified atom stereocenters. The molecule has 0 saturated carbocycles. The first-order valence-corrected chi connectivity index (χ1v) is 10.4. The number of ether oxygens (including phenoxy) is 2. The lowest BCUT2D eigenvalue weighted by molar-refractivity contribution is 0.0696. The lowest BCUT2D eigenvalue weighted by Crippen LogP contribution is -2.47. The highest BCUT2D eigenvalue weighted by atomic mass is 35.5. The van der Waals surface area contributed by atoms with E-state index in [-0.39, 0.29) is 11.5 Å². The van der Waals surface area contributed by atoms with Crippen LogP contribution in [0.2, 0.25) is 5.02 Å². The van der Waals surface area contributed by atoms with Crippen LogP contribution in [0.1, 0.15) is 39.8 Å². The van der Waals surface area contributed by atoms with Crippen LogP contribution in [-0.4, -0.2) is 41.4 Å². The van der Waals surface area contributed by atoms with Gasteiger partial charge in [0.05, 0.1) is 34.9 Å². The number of aromatic carboxylic acids is 1. The quantitative estimate of drug-likeness (QED) is 0.602. The van der Waals surface area contributed by atoms with Crippen LogP contribution in [0.5, 0.6) is 5.75 Å². The molecule has 162 valence electrons. The number of carboxylic acid groups (broad SMARTS) is 1. The van der Waals surface area contributed by atoms with Crippen LogP contribution in [-0.2, 0) is 17.3 Å². The number of amides is 1. The lowest BCUT2D eigenvalue weighted by Gasteiger charge is -2.29. The Morgan fingerprint density at radius 1 is 1.26 bits per heavy atom. The molecule has 31 heavy (non-hydrogen) atoms. The number of carbonyl (C=O) groups excluding carboxylic acids is 1. The molecule has 0 aliphatic carbocycles. The van der Waals surface area contributed by atoms with E-state index < -0.39 is 11.5 Å². The molecule has 2 N–H and O–H groups in total. The van der Waals surface area contributed by atoms with Gasteiger partial charge in [0, 0.05) is 31.5 Å². The Kier molecular flexibility index (Phi) is 5.64. The number of nitrogens with one attached hydrogen (secondary N) is 1. The first-order valence-electron chi connectivity index (χ1n) is 10.0. The molecule has 7 nitrogen and oxygen atoms in total. The van der Waals surface area contributed by atoms with E-state index in [4.69, 9.17) is 26.2 Å². The van der Waals surface area contributed by atoms with Crippen molar-refractivity contribution in [1.82, 2.24) is 9.88 Å². The van der Waals surface area contributed by atoms with E-state index in [1.807, 2.05) is 20.0 Å². The molecule has 1 aliphatic rings. The highest BCUT2D eigenvalue weighted by molar-refractivity contribution is 6.35. The van der Waals surface area contributed by atoms with Crippen LogP contribution in [0.25, 0.3) is 10.9 Å². The van der Waals surface area contributed by atoms with Crippen molar-refractivity contribution in [2.45, 2.75) is 18.9 Å². The third kappa shape index (κ3) is 3.86. The Hall–Kier alpha value is -3.03. The maximum Gasteiger partial charge on any atom is 0.335 e. The van der Waals surface area contributed by atoms with Gasteiger partial charge >= 0.3 is 5.97 Å². The van der Waals surface area contributed by atoms with Crippen LogP contribution < -0.4 is 10.1 Å². The Labute approximate surface area is 184 Å². The number of nitrogens with zero attached hydrogens (tertiary/aromatic N) is 1. The number of rotatable bonds is 6. The summed E-state index contributed by atoms with van der Waals surface area (Å²) in [6, 6.07) is 11.9. The Morgan fingerprint density at radius 3 is 2.61 bits per heavy atom. The molecule has 0 bridgehead atoms. The fourth-order valence-corrected chi connectivity index (χ4v) is 4.27. The Morgan fingerprint density at radius 2 is 2.00 bits per heavy atom. The minimum atomic E-state index is -0.994. The first-order chi connectivity index (χ1) is 14.8. The average molecular weight is 443 g/mol. The highest BCUT2D eigenvalue weighted by Gasteiger charge is 2.39. The summed E-state index contributed by atoms with van der Waals surface area (Å²) in [7, 11) is 1.81. The summed E-state index contributed by atoms with van der Waals surface area (Å²) in [5, 5.41) is 13.6. The van der Waals surface area contributed by atoms with Gasteiger partial charge in [-0.1, -0.05) is 23.7 Å². The second-order valence-electron chi connectivity index (χ2n) is 7.58. The molecule has 1 saturated heterocycles. The number of hydrogen-bond donors (Lipinski definition) is 2. The van der Waals surface area contributed by atoms with E-state index in [9.17, 15) is 9.59 Å². The molecular formula is C23H23ClN2O5. The summed E-state index contributed by atoms with van der Waals surface area (Å²) in [6.45, 7) is 3.22. The molecule has 8 heteroatoms. The second-order valence-corrected chi connectivity index (χ2v) is 7.99. The maximum atomic E-state index is 13.3. The summed E-state index contributed by atoms with van der Waals surface area (Å²) in [5.41, 5.74) is 1.52. The number of hydrogen-bond acceptors (Lipinski definition) is 4. The van der Waals surface area contributed by atoms with Crippen molar-refractivity contribution in [3.05, 3.63) is 64.3 Å². The van der Waals surface area contributed by atoms with Gasteiger partial charge in [-0.3, -0.25) is 4.79 Å². The molecule has 2 aromatic carbocycles. The van der Waals surface area contributed by atoms with Crippen molar-refractivity contribution in [3.8, 4) is 5.75 Å². The van der Waals surface area contributed by atoms with Crippen LogP contribution in [0.4, 0.5) is 0 Å². The monoisotopic (exact) mass is 442 g/mol. The van der Waals surface area contributed by atoms with Crippen molar-refractivity contribution < 1.29 is 24.2 Å². The first kappa shape index (κ1) is 21.2. The molecule has 0 spiro atoms. The predicted molar refractivity (Wildman–Crippen MR) is 117 cm³/mol. The third-order valence-corrected chi connectivity index (χ3v) is 6.00. The van der Waals surface area contributed by atoms with Gasteiger partial charge in [0.15, 0.2) is 0 Å². The van der Waals surface area contributed by atoms with Gasteiger partial charge < -0.3 is 24.5 Å². The van der Waals surface area contributed by atoms with Crippen LogP contribution in [0.3, 0.4) is 0 Å². The van der Waals surface area contributed by atoms with Crippen molar-refractivity contribution in [2.24, 2.45) is 7.05 Å². The zero-order valence-electron chi connectivity index (χ0n) is 17.3. The van der Waals surface area contributed by atoms with E-state index in [1.165, 1.54) is 12.1 Å². The van der Waals surface area contributed by atoms with Crippen LogP contribution in [0.15, 0.2) is 42.5 Å². The largest absolute Gasteiger partial charge is 0.494 e. The van der Waals surface area contributed by atoms with E-state index in [2.05, 4.69) is 5.32 Å². The zero-order chi connectivity index (χ0) is 22.2. The van der Waals surface area contributed by atoms with Crippen molar-refractivity contribution >= 4 is 34.4 Å². The average Bonchev–Trinajstić information content (AvgIpc) is 3.34. The molecule has 2 heterocycles. The molecule has 1 fully saturated rings. The maximum absolute atomic E-state index is 13.3. The molecule has 0 radical (unpaired) electrons. The molecule has 1 aliphatic heterocycles. The highest BCUT2D eigenvalue weighted by Crippen LogP contribution is 2.34. The van der Waals surface area contributed by atoms with Crippen molar-refractivity contribution in [1.29, 1.82) is 0 Å². The number of fused-ring (bicyclic) bond motifs is 1. The smallest absolute Gasteiger partial charge is 0.335 e. The minimum Gasteiger partial charge on any atom is -0.494 e. The number of benzene rings is 2. The van der Waals surface area contributed by atoms with Crippen LogP contribution in [0, 0.1) is 0 Å². The van der Waals surface area contributed by atoms with Gasteiger partial charge in [0.25, 0.3) is 5.91 Å². The topological polar surface area (TPSA) is 89.8 Å². The van der Waals surface area contributed by atoms with Gasteiger partial charge in [-0.05, 0) is 36.8 Å². The number of halogens is 1. The number of carboxylic acids is 1. The molecule has 4 rings (SSSR count). The third-order valence-electron chi connectivity index (χ3n) is 5.69. The number of carbonyl (C=O) groups is 2. The van der Waals surface area contributed by atoms with Crippen LogP contribution >= 0.6 is 11.6 Å². The number of aryl methyl sites for hydroxylation is 1. The molecule has 3 aromatic rings. The van der Waals surface area contributed by atoms with Crippen molar-refractivity contribution in [2.75, 3.05) is 19.8 Å². The van der Waals surface area contributed by atoms with E-state index in [1.54, 1.807) is 28.8 Å². The molecule has 1 amide bonds. The Bertz CT molecular complexity index is 1150. The summed E-state index contributed by atoms with van der Waals surface area (Å²) in [5.74, 6) is -0.612. The van der Waals surface area contributed by atoms with E-state index >= 15 is 0 Å². The molecule has 1 atom stereocenters. The van der Waals surface area contributed by atoms with Gasteiger partial charge in [-0.25, -0.2) is 4.79 Å². The predicted octanol–water partition coefficient (Wildman–Crippen LogP) is 3.97. The molecular weight excluding hydrogens is 420 g/mol. The number of aromatic nitrogens is 1. The van der Waals surface area contributed by atoms with Gasteiger partial charge in [-0.2, -0.15) is 0 Å². The summed E-state index contributed by atoms with van der Waals surface area (Å²) >= 11 is 6.43. The zero-order valence-corrected chi connectivity index (χ0v) is 18.0. The fraction of sp³-hybridized carbons (Fsp3) is 0.304. The van der Waals surface area contributed by atoms with Gasteiger partial charge in [0.2, 0.25) is 0 Å². The normalized spacial score (nSPS) is 18.3. The standard InChI is InChI=1S/C23H23ClN2O5/c1-3-31-16-10-18(24)17-12-20(26(2)19(17)11-16)21(27)25-23(8-9-30-13-23)15-6-4-14(5-7-15)22(28)29/h4-7,10-12H,3,8-9,13H2,1-2H3,(H,25,27)(H,28,29). The van der Waals surface area contributed by atoms with Gasteiger partial charge in [0.1, 0.15) is 11.4 Å². The second kappa shape index (κ2) is 8.24. The summed E-state index contributed by atoms with van der Waals surface area (Å²) < 4.78 is 13.0. The summed E-state index contributed by atoms with van der Waals surface area (Å²) in [6.07, 6.45) is 0.588. The van der Waals surface area contributed by atoms with E-state index in [0.29, 0.717) is 42.7 Å². The van der Waals surface area contributed by atoms with E-state index in [0.717, 1.165) is 16.5 Å².